The summed E-state index contributed by atoms with van der Waals surface area (Å²) in [7, 11) is 0. The molecule has 0 aromatic carbocycles. The van der Waals surface area contributed by atoms with Gasteiger partial charge in [0, 0.05) is 24.4 Å². The Bertz CT molecular complexity index is 323. The zero-order chi connectivity index (χ0) is 12.7. The van der Waals surface area contributed by atoms with E-state index < -0.39 is 0 Å². The summed E-state index contributed by atoms with van der Waals surface area (Å²) in [6.45, 7) is 5.25. The van der Waals surface area contributed by atoms with E-state index in [-0.39, 0.29) is 17.9 Å². The summed E-state index contributed by atoms with van der Waals surface area (Å²) in [5.74, 6) is 0.122. The van der Waals surface area contributed by atoms with E-state index in [4.69, 9.17) is 5.73 Å². The third-order valence-electron chi connectivity index (χ3n) is 2.70. The van der Waals surface area contributed by atoms with Gasteiger partial charge < -0.3 is 11.1 Å². The van der Waals surface area contributed by atoms with Crippen molar-refractivity contribution in [2.24, 2.45) is 11.7 Å². The number of hydrogen-bond donors (Lipinski definition) is 2. The van der Waals surface area contributed by atoms with Crippen molar-refractivity contribution in [2.75, 3.05) is 6.54 Å². The van der Waals surface area contributed by atoms with Gasteiger partial charge in [0.05, 0.1) is 6.54 Å². The Labute approximate surface area is 102 Å². The van der Waals surface area contributed by atoms with Crippen LogP contribution in [0.5, 0.6) is 0 Å². The lowest BCUT2D eigenvalue weighted by Crippen LogP contribution is -2.39. The van der Waals surface area contributed by atoms with Crippen LogP contribution in [0, 0.1) is 5.92 Å². The Morgan fingerprint density at radius 1 is 1.53 bits per heavy atom. The third-order valence-corrected chi connectivity index (χ3v) is 2.70. The topological polar surface area (TPSA) is 72.9 Å². The van der Waals surface area contributed by atoms with E-state index in [1.54, 1.807) is 6.20 Å². The highest BCUT2D eigenvalue weighted by Crippen LogP contribution is 2.05. The molecule has 1 rings (SSSR count). The molecule has 2 unspecified atom stereocenters. The molecule has 0 bridgehead atoms. The first-order chi connectivity index (χ1) is 8.13. The molecule has 1 amide bonds. The molecule has 0 fully saturated rings. The van der Waals surface area contributed by atoms with Crippen LogP contribution in [0.2, 0.25) is 0 Å². The fraction of sp³-hybridized carbons (Fsp3) is 0.667. The fourth-order valence-electron chi connectivity index (χ4n) is 1.67. The van der Waals surface area contributed by atoms with E-state index in [2.05, 4.69) is 10.4 Å². The van der Waals surface area contributed by atoms with E-state index in [0.29, 0.717) is 13.1 Å². The first-order valence-corrected chi connectivity index (χ1v) is 6.11. The molecule has 0 spiro atoms. The Balaban J connectivity index is 2.30. The molecule has 0 saturated heterocycles. The van der Waals surface area contributed by atoms with Gasteiger partial charge in [-0.05, 0) is 32.4 Å². The summed E-state index contributed by atoms with van der Waals surface area (Å²) >= 11 is 0. The first-order valence-electron chi connectivity index (χ1n) is 6.11. The van der Waals surface area contributed by atoms with Gasteiger partial charge in [-0.3, -0.25) is 9.48 Å². The molecular weight excluding hydrogens is 216 g/mol. The lowest BCUT2D eigenvalue weighted by atomic mass is 10.0. The second kappa shape index (κ2) is 7.06. The van der Waals surface area contributed by atoms with Crippen molar-refractivity contribution in [3.05, 3.63) is 18.5 Å². The van der Waals surface area contributed by atoms with Gasteiger partial charge in [0.25, 0.3) is 0 Å². The van der Waals surface area contributed by atoms with Crippen molar-refractivity contribution in [3.8, 4) is 0 Å². The lowest BCUT2D eigenvalue weighted by molar-refractivity contribution is -0.125. The first kappa shape index (κ1) is 13.7. The maximum atomic E-state index is 11.8. The van der Waals surface area contributed by atoms with E-state index in [0.717, 1.165) is 12.8 Å². The van der Waals surface area contributed by atoms with Crippen molar-refractivity contribution >= 4 is 5.91 Å². The average molecular weight is 238 g/mol. The van der Waals surface area contributed by atoms with Crippen LogP contribution in [0.1, 0.15) is 26.7 Å². The Morgan fingerprint density at radius 3 is 2.88 bits per heavy atom. The van der Waals surface area contributed by atoms with Crippen molar-refractivity contribution in [1.82, 2.24) is 15.1 Å². The van der Waals surface area contributed by atoms with Crippen LogP contribution in [0.25, 0.3) is 0 Å². The number of carbonyl (C=O) groups excluding carboxylic acids is 1. The zero-order valence-corrected chi connectivity index (χ0v) is 10.6. The molecule has 17 heavy (non-hydrogen) atoms. The molecule has 1 aromatic heterocycles. The minimum atomic E-state index is 0.0265. The maximum absolute atomic E-state index is 11.8. The molecule has 1 heterocycles. The molecule has 0 radical (unpaired) electrons. The lowest BCUT2D eigenvalue weighted by Gasteiger charge is -2.17. The number of hydrogen-bond acceptors (Lipinski definition) is 3. The number of carbonyl (C=O) groups is 1. The summed E-state index contributed by atoms with van der Waals surface area (Å²) in [5.41, 5.74) is 5.43. The maximum Gasteiger partial charge on any atom is 0.223 e. The Morgan fingerprint density at radius 2 is 2.29 bits per heavy atom. The second-order valence-electron chi connectivity index (χ2n) is 4.47. The number of amides is 1. The highest BCUT2D eigenvalue weighted by molar-refractivity contribution is 5.78. The number of nitrogens with two attached hydrogens (primary N) is 1. The van der Waals surface area contributed by atoms with Crippen LogP contribution >= 0.6 is 0 Å². The quantitative estimate of drug-likeness (QED) is 0.736. The minimum absolute atomic E-state index is 0.0265. The number of nitrogens with one attached hydrogen (secondary N) is 1. The largest absolute Gasteiger partial charge is 0.352 e. The zero-order valence-electron chi connectivity index (χ0n) is 10.6. The van der Waals surface area contributed by atoms with Crippen LogP contribution in [0.15, 0.2) is 18.5 Å². The molecule has 3 N–H and O–H groups in total. The third kappa shape index (κ3) is 4.99. The van der Waals surface area contributed by atoms with Gasteiger partial charge in [0.15, 0.2) is 0 Å². The SMILES string of the molecule is CC(Cn1cccn1)NC(=O)C(C)CCCN. The smallest absolute Gasteiger partial charge is 0.223 e. The molecule has 0 aliphatic carbocycles. The average Bonchev–Trinajstić information content (AvgIpc) is 2.78. The van der Waals surface area contributed by atoms with Gasteiger partial charge in [0.2, 0.25) is 5.91 Å². The Hall–Kier alpha value is -1.36. The van der Waals surface area contributed by atoms with Crippen LogP contribution in [0.3, 0.4) is 0 Å². The van der Waals surface area contributed by atoms with Gasteiger partial charge in [-0.2, -0.15) is 5.10 Å². The van der Waals surface area contributed by atoms with Gasteiger partial charge in [-0.25, -0.2) is 0 Å². The normalized spacial score (nSPS) is 14.3. The van der Waals surface area contributed by atoms with Crippen LogP contribution in [-0.4, -0.2) is 28.3 Å². The molecule has 5 nitrogen and oxygen atoms in total. The number of nitrogens with zero attached hydrogens (tertiary/aromatic N) is 2. The molecule has 0 aliphatic rings. The van der Waals surface area contributed by atoms with Crippen LogP contribution in [-0.2, 0) is 11.3 Å². The van der Waals surface area contributed by atoms with E-state index in [1.165, 1.54) is 0 Å². The summed E-state index contributed by atoms with van der Waals surface area (Å²) in [4.78, 5) is 11.8. The predicted octanol–water partition coefficient (Wildman–Crippen LogP) is 0.763. The van der Waals surface area contributed by atoms with Crippen molar-refractivity contribution < 1.29 is 4.79 Å². The molecule has 96 valence electrons. The summed E-state index contributed by atoms with van der Waals surface area (Å²) in [5, 5.41) is 7.09. The molecule has 1 aromatic rings. The minimum Gasteiger partial charge on any atom is -0.352 e. The molecule has 0 aliphatic heterocycles. The van der Waals surface area contributed by atoms with Gasteiger partial charge in [-0.15, -0.1) is 0 Å². The molecule has 5 heteroatoms. The summed E-state index contributed by atoms with van der Waals surface area (Å²) in [6, 6.07) is 1.96. The van der Waals surface area contributed by atoms with Crippen molar-refractivity contribution in [2.45, 2.75) is 39.3 Å². The van der Waals surface area contributed by atoms with Crippen molar-refractivity contribution in [3.63, 3.8) is 0 Å². The van der Waals surface area contributed by atoms with E-state index in [9.17, 15) is 4.79 Å². The molecule has 0 saturated carbocycles. The Kier molecular flexibility index (Phi) is 5.69. The van der Waals surface area contributed by atoms with E-state index >= 15 is 0 Å². The molecular formula is C12H22N4O. The van der Waals surface area contributed by atoms with Gasteiger partial charge in [0.1, 0.15) is 0 Å². The molecule has 2 atom stereocenters. The van der Waals surface area contributed by atoms with Crippen molar-refractivity contribution in [1.29, 1.82) is 0 Å². The predicted molar refractivity (Wildman–Crippen MR) is 67.3 cm³/mol. The number of aromatic nitrogens is 2. The van der Waals surface area contributed by atoms with E-state index in [1.807, 2.05) is 30.8 Å². The monoisotopic (exact) mass is 238 g/mol. The standard InChI is InChI=1S/C12H22N4O/c1-10(5-3-6-13)12(17)15-11(2)9-16-8-4-7-14-16/h4,7-8,10-11H,3,5-6,9,13H2,1-2H3,(H,15,17). The van der Waals surface area contributed by atoms with Crippen LogP contribution < -0.4 is 11.1 Å². The highest BCUT2D eigenvalue weighted by Gasteiger charge is 2.14. The summed E-state index contributed by atoms with van der Waals surface area (Å²) < 4.78 is 1.81. The number of rotatable bonds is 7. The second-order valence-corrected chi connectivity index (χ2v) is 4.47. The van der Waals surface area contributed by atoms with Gasteiger partial charge >= 0.3 is 0 Å². The highest BCUT2D eigenvalue weighted by atomic mass is 16.1. The fourth-order valence-corrected chi connectivity index (χ4v) is 1.67. The van der Waals surface area contributed by atoms with Gasteiger partial charge in [-0.1, -0.05) is 6.92 Å². The van der Waals surface area contributed by atoms with Crippen LogP contribution in [0.4, 0.5) is 0 Å². The summed E-state index contributed by atoms with van der Waals surface area (Å²) in [6.07, 6.45) is 5.36.